The Hall–Kier alpha value is -0.0800. The zero-order valence-electron chi connectivity index (χ0n) is 10.8. The smallest absolute Gasteiger partial charge is 0.0223 e. The third kappa shape index (κ3) is 4.12. The first kappa shape index (κ1) is 13.0. The van der Waals surface area contributed by atoms with Crippen molar-refractivity contribution in [2.75, 3.05) is 19.6 Å². The Balaban J connectivity index is 2.44. The summed E-state index contributed by atoms with van der Waals surface area (Å²) in [6, 6.07) is 1.57. The molecular weight excluding hydrogens is 184 g/mol. The topological polar surface area (TPSA) is 15.3 Å². The lowest BCUT2D eigenvalue weighted by molar-refractivity contribution is 0.0982. The number of hydrogen-bond acceptors (Lipinski definition) is 2. The van der Waals surface area contributed by atoms with E-state index in [-0.39, 0.29) is 0 Å². The summed E-state index contributed by atoms with van der Waals surface area (Å²) in [4.78, 5) is 2.73. The molecule has 2 nitrogen and oxygen atoms in total. The maximum absolute atomic E-state index is 3.51. The van der Waals surface area contributed by atoms with Crippen molar-refractivity contribution in [1.82, 2.24) is 10.2 Å². The lowest BCUT2D eigenvalue weighted by Gasteiger charge is -2.39. The highest BCUT2D eigenvalue weighted by molar-refractivity contribution is 4.81. The highest BCUT2D eigenvalue weighted by Gasteiger charge is 2.24. The van der Waals surface area contributed by atoms with Crippen molar-refractivity contribution in [1.29, 1.82) is 0 Å². The zero-order chi connectivity index (χ0) is 11.1. The fourth-order valence-electron chi connectivity index (χ4n) is 2.69. The van der Waals surface area contributed by atoms with Crippen LogP contribution in [0.4, 0.5) is 0 Å². The molecule has 1 rings (SSSR count). The number of nitrogens with one attached hydrogen (secondary N) is 1. The Kier molecular flexibility index (Phi) is 6.26. The van der Waals surface area contributed by atoms with Crippen LogP contribution in [0, 0.1) is 0 Å². The molecule has 0 amide bonds. The summed E-state index contributed by atoms with van der Waals surface area (Å²) < 4.78 is 0. The zero-order valence-corrected chi connectivity index (χ0v) is 10.8. The second-order valence-electron chi connectivity index (χ2n) is 4.83. The molecule has 0 bridgehead atoms. The number of nitrogens with zero attached hydrogens (tertiary/aromatic N) is 1. The largest absolute Gasteiger partial charge is 0.315 e. The molecule has 2 heteroatoms. The second-order valence-corrected chi connectivity index (χ2v) is 4.83. The Morgan fingerprint density at radius 1 is 1.33 bits per heavy atom. The van der Waals surface area contributed by atoms with Crippen LogP contribution in [0.2, 0.25) is 0 Å². The van der Waals surface area contributed by atoms with E-state index in [2.05, 4.69) is 31.0 Å². The molecule has 1 N–H and O–H groups in total. The summed E-state index contributed by atoms with van der Waals surface area (Å²) in [5.74, 6) is 0. The molecule has 0 aromatic rings. The molecule has 0 aromatic heterocycles. The van der Waals surface area contributed by atoms with E-state index in [1.807, 2.05) is 0 Å². The summed E-state index contributed by atoms with van der Waals surface area (Å²) in [5, 5.41) is 3.51. The maximum Gasteiger partial charge on any atom is 0.0223 e. The average molecular weight is 212 g/mol. The van der Waals surface area contributed by atoms with Crippen LogP contribution in [-0.2, 0) is 0 Å². The van der Waals surface area contributed by atoms with Gasteiger partial charge in [0.05, 0.1) is 0 Å². The van der Waals surface area contributed by atoms with Crippen molar-refractivity contribution >= 4 is 0 Å². The van der Waals surface area contributed by atoms with Crippen molar-refractivity contribution in [2.24, 2.45) is 0 Å². The molecule has 0 aromatic carbocycles. The van der Waals surface area contributed by atoms with Crippen molar-refractivity contribution in [3.05, 3.63) is 0 Å². The molecular formula is C13H28N2. The average Bonchev–Trinajstić information content (AvgIpc) is 2.25. The Bertz CT molecular complexity index is 159. The first-order valence-corrected chi connectivity index (χ1v) is 6.76. The SMILES string of the molecule is CCCC(CNCC)N1CCCCC1C. The van der Waals surface area contributed by atoms with Gasteiger partial charge >= 0.3 is 0 Å². The van der Waals surface area contributed by atoms with Gasteiger partial charge in [0.1, 0.15) is 0 Å². The summed E-state index contributed by atoms with van der Waals surface area (Å²) in [6.45, 7) is 10.5. The van der Waals surface area contributed by atoms with Crippen LogP contribution in [0.25, 0.3) is 0 Å². The molecule has 1 aliphatic rings. The van der Waals surface area contributed by atoms with Crippen molar-refractivity contribution in [2.45, 2.75) is 65.0 Å². The van der Waals surface area contributed by atoms with Crippen molar-refractivity contribution in [3.8, 4) is 0 Å². The number of hydrogen-bond donors (Lipinski definition) is 1. The van der Waals surface area contributed by atoms with Gasteiger partial charge < -0.3 is 5.32 Å². The predicted molar refractivity (Wildman–Crippen MR) is 67.3 cm³/mol. The van der Waals surface area contributed by atoms with E-state index < -0.39 is 0 Å². The summed E-state index contributed by atoms with van der Waals surface area (Å²) in [7, 11) is 0. The first-order chi connectivity index (χ1) is 7.29. The molecule has 0 radical (unpaired) electrons. The minimum Gasteiger partial charge on any atom is -0.315 e. The van der Waals surface area contributed by atoms with Crippen LogP contribution in [-0.4, -0.2) is 36.6 Å². The highest BCUT2D eigenvalue weighted by atomic mass is 15.2. The van der Waals surface area contributed by atoms with Gasteiger partial charge in [0.25, 0.3) is 0 Å². The highest BCUT2D eigenvalue weighted by Crippen LogP contribution is 2.20. The van der Waals surface area contributed by atoms with Crippen molar-refractivity contribution < 1.29 is 0 Å². The fourth-order valence-corrected chi connectivity index (χ4v) is 2.69. The van der Waals surface area contributed by atoms with E-state index in [4.69, 9.17) is 0 Å². The molecule has 0 aliphatic carbocycles. The summed E-state index contributed by atoms with van der Waals surface area (Å²) in [5.41, 5.74) is 0. The molecule has 1 saturated heterocycles. The van der Waals surface area contributed by atoms with Crippen LogP contribution in [0.1, 0.15) is 52.9 Å². The fraction of sp³-hybridized carbons (Fsp3) is 1.00. The van der Waals surface area contributed by atoms with Gasteiger partial charge in [-0.25, -0.2) is 0 Å². The van der Waals surface area contributed by atoms with Crippen molar-refractivity contribution in [3.63, 3.8) is 0 Å². The number of likely N-dealkylation sites (N-methyl/N-ethyl adjacent to an activating group) is 1. The standard InChI is InChI=1S/C13H28N2/c1-4-8-13(11-14-5-2)15-10-7-6-9-12(15)3/h12-14H,4-11H2,1-3H3. The number of likely N-dealkylation sites (tertiary alicyclic amines) is 1. The molecule has 1 aliphatic heterocycles. The molecule has 0 spiro atoms. The van der Waals surface area contributed by atoms with Gasteiger partial charge in [0, 0.05) is 18.6 Å². The Morgan fingerprint density at radius 3 is 2.73 bits per heavy atom. The van der Waals surface area contributed by atoms with Gasteiger partial charge in [-0.2, -0.15) is 0 Å². The molecule has 15 heavy (non-hydrogen) atoms. The minimum absolute atomic E-state index is 0.769. The van der Waals surface area contributed by atoms with Crippen LogP contribution in [0.15, 0.2) is 0 Å². The maximum atomic E-state index is 3.51. The van der Waals surface area contributed by atoms with E-state index in [9.17, 15) is 0 Å². The van der Waals surface area contributed by atoms with Gasteiger partial charge in [-0.15, -0.1) is 0 Å². The van der Waals surface area contributed by atoms with Crippen LogP contribution < -0.4 is 5.32 Å². The third-order valence-electron chi connectivity index (χ3n) is 3.58. The summed E-state index contributed by atoms with van der Waals surface area (Å²) >= 11 is 0. The summed E-state index contributed by atoms with van der Waals surface area (Å²) in [6.07, 6.45) is 6.87. The molecule has 1 heterocycles. The third-order valence-corrected chi connectivity index (χ3v) is 3.58. The van der Waals surface area contributed by atoms with Gasteiger partial charge in [-0.1, -0.05) is 26.7 Å². The molecule has 0 saturated carbocycles. The van der Waals surface area contributed by atoms with E-state index in [1.54, 1.807) is 0 Å². The van der Waals surface area contributed by atoms with Crippen LogP contribution in [0.3, 0.4) is 0 Å². The Morgan fingerprint density at radius 2 is 2.13 bits per heavy atom. The first-order valence-electron chi connectivity index (χ1n) is 6.76. The Labute approximate surface area is 95.4 Å². The van der Waals surface area contributed by atoms with E-state index in [0.717, 1.165) is 18.6 Å². The van der Waals surface area contributed by atoms with Gasteiger partial charge in [-0.3, -0.25) is 4.90 Å². The monoisotopic (exact) mass is 212 g/mol. The minimum atomic E-state index is 0.769. The van der Waals surface area contributed by atoms with Crippen LogP contribution in [0.5, 0.6) is 0 Å². The molecule has 2 atom stereocenters. The van der Waals surface area contributed by atoms with E-state index in [1.165, 1.54) is 45.2 Å². The van der Waals surface area contributed by atoms with E-state index in [0.29, 0.717) is 0 Å². The van der Waals surface area contributed by atoms with E-state index >= 15 is 0 Å². The van der Waals surface area contributed by atoms with Gasteiger partial charge in [0.2, 0.25) is 0 Å². The number of rotatable bonds is 6. The van der Waals surface area contributed by atoms with Gasteiger partial charge in [0.15, 0.2) is 0 Å². The predicted octanol–water partition coefficient (Wildman–Crippen LogP) is 2.64. The normalized spacial score (nSPS) is 25.4. The molecule has 90 valence electrons. The lowest BCUT2D eigenvalue weighted by Crippen LogP contribution is -2.49. The second kappa shape index (κ2) is 7.24. The van der Waals surface area contributed by atoms with Gasteiger partial charge in [-0.05, 0) is 39.3 Å². The molecule has 2 unspecified atom stereocenters. The quantitative estimate of drug-likeness (QED) is 0.728. The lowest BCUT2D eigenvalue weighted by atomic mass is 9.99. The number of piperidine rings is 1. The van der Waals surface area contributed by atoms with Crippen LogP contribution >= 0.6 is 0 Å². The molecule has 1 fully saturated rings.